The van der Waals surface area contributed by atoms with Gasteiger partial charge in [-0.25, -0.2) is 0 Å². The zero-order chi connectivity index (χ0) is 59.2. The maximum atomic E-state index is 13.0. The van der Waals surface area contributed by atoms with Gasteiger partial charge in [0.05, 0.1) is 0 Å². The first-order valence-corrected chi connectivity index (χ1v) is 37.0. The first-order valence-electron chi connectivity index (χ1n) is 37.0. The van der Waals surface area contributed by atoms with Crippen LogP contribution in [-0.2, 0) is 28.6 Å². The van der Waals surface area contributed by atoms with Crippen molar-refractivity contribution < 1.29 is 28.6 Å². The molecule has 1 unspecified atom stereocenters. The minimum absolute atomic E-state index is 0.0692. The summed E-state index contributed by atoms with van der Waals surface area (Å²) in [4.78, 5) is 38.5. The van der Waals surface area contributed by atoms with Gasteiger partial charge in [-0.15, -0.1) is 0 Å². The Labute approximate surface area is 512 Å². The molecule has 0 aliphatic carbocycles. The maximum Gasteiger partial charge on any atom is 0.306 e. The molecule has 0 radical (unpaired) electrons. The van der Waals surface area contributed by atoms with Gasteiger partial charge in [0, 0.05) is 19.3 Å². The molecule has 0 aromatic rings. The van der Waals surface area contributed by atoms with Crippen LogP contribution in [0.25, 0.3) is 0 Å². The van der Waals surface area contributed by atoms with Crippen LogP contribution < -0.4 is 0 Å². The summed E-state index contributed by atoms with van der Waals surface area (Å²) in [6.07, 6.45) is 89.0. The first-order chi connectivity index (χ1) is 40.5. The Morgan fingerprint density at radius 2 is 0.439 bits per heavy atom. The minimum atomic E-state index is -0.774. The highest BCUT2D eigenvalue weighted by molar-refractivity contribution is 5.71. The van der Waals surface area contributed by atoms with Crippen LogP contribution in [0, 0.1) is 0 Å². The summed E-state index contributed by atoms with van der Waals surface area (Å²) >= 11 is 0. The average Bonchev–Trinajstić information content (AvgIpc) is 3.48. The molecular formula is C76H142O6. The van der Waals surface area contributed by atoms with Gasteiger partial charge in [0.15, 0.2) is 6.10 Å². The fourth-order valence-corrected chi connectivity index (χ4v) is 11.3. The zero-order valence-corrected chi connectivity index (χ0v) is 55.5. The quantitative estimate of drug-likeness (QED) is 0.0261. The summed E-state index contributed by atoms with van der Waals surface area (Å²) in [5.41, 5.74) is 0. The molecule has 82 heavy (non-hydrogen) atoms. The molecule has 0 spiro atoms. The number of carbonyl (C=O) groups is 3. The molecule has 0 aromatic carbocycles. The number of ether oxygens (including phenoxy) is 3. The van der Waals surface area contributed by atoms with E-state index in [4.69, 9.17) is 14.2 Å². The van der Waals surface area contributed by atoms with E-state index in [-0.39, 0.29) is 31.1 Å². The van der Waals surface area contributed by atoms with Crippen LogP contribution in [0.15, 0.2) is 36.5 Å². The Morgan fingerprint density at radius 1 is 0.244 bits per heavy atom. The molecule has 6 nitrogen and oxygen atoms in total. The second-order valence-electron chi connectivity index (χ2n) is 25.2. The Balaban J connectivity index is 4.22. The van der Waals surface area contributed by atoms with Crippen LogP contribution in [0.5, 0.6) is 0 Å². The lowest BCUT2D eigenvalue weighted by Crippen LogP contribution is -2.30. The Morgan fingerprint density at radius 3 is 0.683 bits per heavy atom. The smallest absolute Gasteiger partial charge is 0.306 e. The summed E-state index contributed by atoms with van der Waals surface area (Å²) < 4.78 is 17.0. The monoisotopic (exact) mass is 1150 g/mol. The van der Waals surface area contributed by atoms with E-state index in [9.17, 15) is 14.4 Å². The van der Waals surface area contributed by atoms with E-state index in [1.54, 1.807) is 0 Å². The van der Waals surface area contributed by atoms with Gasteiger partial charge < -0.3 is 14.2 Å². The predicted octanol–water partition coefficient (Wildman–Crippen LogP) is 25.5. The third-order valence-electron chi connectivity index (χ3n) is 16.9. The summed E-state index contributed by atoms with van der Waals surface area (Å²) in [6, 6.07) is 0. The molecule has 0 N–H and O–H groups in total. The highest BCUT2D eigenvalue weighted by atomic mass is 16.6. The molecule has 0 heterocycles. The molecule has 0 aliphatic heterocycles. The fourth-order valence-electron chi connectivity index (χ4n) is 11.3. The Bertz CT molecular complexity index is 1370. The van der Waals surface area contributed by atoms with Crippen molar-refractivity contribution >= 4 is 17.9 Å². The van der Waals surface area contributed by atoms with Crippen LogP contribution in [0.1, 0.15) is 412 Å². The zero-order valence-electron chi connectivity index (χ0n) is 55.5. The summed E-state index contributed by atoms with van der Waals surface area (Å²) in [7, 11) is 0. The van der Waals surface area contributed by atoms with E-state index < -0.39 is 6.10 Å². The molecule has 0 aliphatic rings. The van der Waals surface area contributed by atoms with Gasteiger partial charge in [-0.1, -0.05) is 353 Å². The summed E-state index contributed by atoms with van der Waals surface area (Å²) in [5, 5.41) is 0. The van der Waals surface area contributed by atoms with Crippen molar-refractivity contribution in [2.24, 2.45) is 0 Å². The van der Waals surface area contributed by atoms with Crippen LogP contribution in [0.3, 0.4) is 0 Å². The number of unbranched alkanes of at least 4 members (excludes halogenated alkanes) is 52. The molecule has 0 bridgehead atoms. The second-order valence-corrected chi connectivity index (χ2v) is 25.2. The lowest BCUT2D eigenvalue weighted by atomic mass is 10.0. The SMILES string of the molecule is CCCCCCC/C=C\C/C=C\CCCCCCCCCCCCCCCCCC(=O)OCC(COC(=O)CCCCCCC/C=C\CCCCCCC)OC(=O)CCCCCCCCCCCCCCCCCCCCCCCCC. The van der Waals surface area contributed by atoms with Gasteiger partial charge in [-0.2, -0.15) is 0 Å². The van der Waals surface area contributed by atoms with Gasteiger partial charge in [-0.05, 0) is 77.0 Å². The van der Waals surface area contributed by atoms with E-state index in [0.717, 1.165) is 70.6 Å². The number of hydrogen-bond donors (Lipinski definition) is 0. The molecule has 482 valence electrons. The maximum absolute atomic E-state index is 13.0. The molecular weight excluding hydrogens is 1010 g/mol. The Kier molecular flexibility index (Phi) is 69.1. The molecule has 0 saturated heterocycles. The average molecular weight is 1150 g/mol. The van der Waals surface area contributed by atoms with E-state index in [0.29, 0.717) is 19.3 Å². The van der Waals surface area contributed by atoms with Crippen molar-refractivity contribution in [3.63, 3.8) is 0 Å². The molecule has 0 rings (SSSR count). The van der Waals surface area contributed by atoms with Gasteiger partial charge in [0.1, 0.15) is 13.2 Å². The predicted molar refractivity (Wildman–Crippen MR) is 358 cm³/mol. The van der Waals surface area contributed by atoms with Crippen LogP contribution in [0.2, 0.25) is 0 Å². The lowest BCUT2D eigenvalue weighted by molar-refractivity contribution is -0.167. The van der Waals surface area contributed by atoms with Crippen molar-refractivity contribution in [3.05, 3.63) is 36.5 Å². The molecule has 6 heteroatoms. The third kappa shape index (κ3) is 68.4. The number of hydrogen-bond acceptors (Lipinski definition) is 6. The van der Waals surface area contributed by atoms with Crippen molar-refractivity contribution in [3.8, 4) is 0 Å². The first kappa shape index (κ1) is 79.6. The highest BCUT2D eigenvalue weighted by Gasteiger charge is 2.19. The van der Waals surface area contributed by atoms with Crippen molar-refractivity contribution in [1.29, 1.82) is 0 Å². The van der Waals surface area contributed by atoms with Crippen molar-refractivity contribution in [1.82, 2.24) is 0 Å². The van der Waals surface area contributed by atoms with Gasteiger partial charge in [0.2, 0.25) is 0 Å². The number of esters is 3. The van der Waals surface area contributed by atoms with E-state index in [1.807, 2.05) is 0 Å². The normalized spacial score (nSPS) is 12.2. The van der Waals surface area contributed by atoms with Crippen molar-refractivity contribution in [2.45, 2.75) is 419 Å². The third-order valence-corrected chi connectivity index (χ3v) is 16.9. The fraction of sp³-hybridized carbons (Fsp3) is 0.882. The Hall–Kier alpha value is -2.37. The molecule has 1 atom stereocenters. The topological polar surface area (TPSA) is 78.9 Å². The highest BCUT2D eigenvalue weighted by Crippen LogP contribution is 2.19. The standard InChI is InChI=1S/C76H142O6/c1-4-7-10-13-16-19-22-25-28-30-32-34-36-37-38-39-41-42-44-46-48-51-54-57-60-63-66-69-75(78)81-72-73(71-80-74(77)68-65-62-59-56-53-50-27-24-21-18-15-12-9-6-3)82-76(79)70-67-64-61-58-55-52-49-47-45-43-40-35-33-31-29-26-23-20-17-14-11-8-5-2/h22,24-25,27,30,32,73H,4-21,23,26,28-29,31,33-72H2,1-3H3/b25-22-,27-24-,32-30-. The van der Waals surface area contributed by atoms with Crippen molar-refractivity contribution in [2.75, 3.05) is 13.2 Å². The van der Waals surface area contributed by atoms with E-state index in [1.165, 1.54) is 302 Å². The van der Waals surface area contributed by atoms with Gasteiger partial charge in [0.25, 0.3) is 0 Å². The largest absolute Gasteiger partial charge is 0.462 e. The van der Waals surface area contributed by atoms with E-state index >= 15 is 0 Å². The summed E-state index contributed by atoms with van der Waals surface area (Å²) in [5.74, 6) is -0.846. The molecule has 0 saturated carbocycles. The van der Waals surface area contributed by atoms with Gasteiger partial charge >= 0.3 is 17.9 Å². The number of rotatable bonds is 69. The van der Waals surface area contributed by atoms with Gasteiger partial charge in [-0.3, -0.25) is 14.4 Å². The molecule has 0 fully saturated rings. The lowest BCUT2D eigenvalue weighted by Gasteiger charge is -2.18. The van der Waals surface area contributed by atoms with Crippen LogP contribution in [-0.4, -0.2) is 37.2 Å². The van der Waals surface area contributed by atoms with Crippen LogP contribution >= 0.6 is 0 Å². The summed E-state index contributed by atoms with van der Waals surface area (Å²) in [6.45, 7) is 6.70. The molecule has 0 aromatic heterocycles. The second kappa shape index (κ2) is 71.1. The molecule has 0 amide bonds. The minimum Gasteiger partial charge on any atom is -0.462 e. The number of allylic oxidation sites excluding steroid dienone is 6. The van der Waals surface area contributed by atoms with Crippen LogP contribution in [0.4, 0.5) is 0 Å². The van der Waals surface area contributed by atoms with E-state index in [2.05, 4.69) is 57.2 Å². The number of carbonyl (C=O) groups excluding carboxylic acids is 3.